The molecular formula is C20H23NO3. The molecule has 1 heterocycles. The van der Waals surface area contributed by atoms with E-state index >= 15 is 0 Å². The maximum atomic E-state index is 12.7. The lowest BCUT2D eigenvalue weighted by molar-refractivity contribution is -0.0260. The van der Waals surface area contributed by atoms with Crippen molar-refractivity contribution < 1.29 is 14.6 Å². The van der Waals surface area contributed by atoms with Gasteiger partial charge in [-0.3, -0.25) is 4.79 Å². The van der Waals surface area contributed by atoms with Crippen LogP contribution in [0.5, 0.6) is 0 Å². The fourth-order valence-electron chi connectivity index (χ4n) is 2.96. The van der Waals surface area contributed by atoms with Gasteiger partial charge in [-0.05, 0) is 37.0 Å². The second-order valence-corrected chi connectivity index (χ2v) is 6.33. The minimum absolute atomic E-state index is 0.135. The Bertz CT molecular complexity index is 696. The van der Waals surface area contributed by atoms with Crippen LogP contribution in [0.25, 0.3) is 0 Å². The number of hydrogen-bond acceptors (Lipinski definition) is 3. The Kier molecular flexibility index (Phi) is 5.28. The van der Waals surface area contributed by atoms with Gasteiger partial charge in [-0.1, -0.05) is 48.0 Å². The smallest absolute Gasteiger partial charge is 0.251 e. The second-order valence-electron chi connectivity index (χ2n) is 6.33. The van der Waals surface area contributed by atoms with E-state index in [1.165, 1.54) is 11.1 Å². The molecule has 2 atom stereocenters. The van der Waals surface area contributed by atoms with Crippen molar-refractivity contribution in [2.75, 3.05) is 13.2 Å². The molecule has 24 heavy (non-hydrogen) atoms. The van der Waals surface area contributed by atoms with Crippen molar-refractivity contribution in [2.45, 2.75) is 31.9 Å². The van der Waals surface area contributed by atoms with Gasteiger partial charge in [0.15, 0.2) is 0 Å². The van der Waals surface area contributed by atoms with Crippen LogP contribution in [0.15, 0.2) is 48.5 Å². The molecule has 0 radical (unpaired) electrons. The Hall–Kier alpha value is -2.17. The fourth-order valence-corrected chi connectivity index (χ4v) is 2.96. The number of carbonyl (C=O) groups excluding carboxylic acids is 1. The highest BCUT2D eigenvalue weighted by Crippen LogP contribution is 2.16. The SMILES string of the molecule is Cc1ccc(Cc2ccccc2C(=O)N[C@@H]2CCOC[C@H]2O)cc1. The highest BCUT2D eigenvalue weighted by molar-refractivity contribution is 5.96. The van der Waals surface area contributed by atoms with E-state index in [4.69, 9.17) is 4.74 Å². The average molecular weight is 325 g/mol. The average Bonchev–Trinajstić information content (AvgIpc) is 2.59. The molecule has 0 spiro atoms. The predicted octanol–water partition coefficient (Wildman–Crippen LogP) is 2.47. The molecule has 1 fully saturated rings. The Morgan fingerprint density at radius 1 is 1.21 bits per heavy atom. The molecule has 0 saturated carbocycles. The van der Waals surface area contributed by atoms with E-state index in [9.17, 15) is 9.90 Å². The van der Waals surface area contributed by atoms with E-state index in [0.29, 0.717) is 25.0 Å². The van der Waals surface area contributed by atoms with Crippen LogP contribution in [0.1, 0.15) is 33.5 Å². The molecule has 4 nitrogen and oxygen atoms in total. The van der Waals surface area contributed by atoms with Crippen LogP contribution in [0, 0.1) is 6.92 Å². The van der Waals surface area contributed by atoms with Crippen molar-refractivity contribution in [1.82, 2.24) is 5.32 Å². The number of aliphatic hydroxyl groups excluding tert-OH is 1. The van der Waals surface area contributed by atoms with Crippen LogP contribution in [0.4, 0.5) is 0 Å². The van der Waals surface area contributed by atoms with Gasteiger partial charge in [0.1, 0.15) is 0 Å². The van der Waals surface area contributed by atoms with Crippen LogP contribution in [0.2, 0.25) is 0 Å². The summed E-state index contributed by atoms with van der Waals surface area (Å²) in [5, 5.41) is 12.9. The van der Waals surface area contributed by atoms with Gasteiger partial charge in [-0.2, -0.15) is 0 Å². The summed E-state index contributed by atoms with van der Waals surface area (Å²) in [6, 6.07) is 15.7. The van der Waals surface area contributed by atoms with E-state index in [2.05, 4.69) is 36.5 Å². The molecule has 0 aliphatic carbocycles. The minimum Gasteiger partial charge on any atom is -0.389 e. The Morgan fingerprint density at radius 2 is 1.96 bits per heavy atom. The largest absolute Gasteiger partial charge is 0.389 e. The fraction of sp³-hybridized carbons (Fsp3) is 0.350. The molecule has 4 heteroatoms. The zero-order valence-electron chi connectivity index (χ0n) is 13.9. The lowest BCUT2D eigenvalue weighted by atomic mass is 9.98. The van der Waals surface area contributed by atoms with Gasteiger partial charge in [-0.15, -0.1) is 0 Å². The van der Waals surface area contributed by atoms with Crippen molar-refractivity contribution in [3.8, 4) is 0 Å². The number of aliphatic hydroxyl groups is 1. The van der Waals surface area contributed by atoms with Crippen molar-refractivity contribution in [3.63, 3.8) is 0 Å². The number of ether oxygens (including phenoxy) is 1. The molecular weight excluding hydrogens is 302 g/mol. The monoisotopic (exact) mass is 325 g/mol. The van der Waals surface area contributed by atoms with E-state index in [1.807, 2.05) is 24.3 Å². The van der Waals surface area contributed by atoms with Crippen molar-refractivity contribution in [1.29, 1.82) is 0 Å². The normalized spacial score (nSPS) is 20.6. The molecule has 3 rings (SSSR count). The third kappa shape index (κ3) is 4.02. The molecule has 126 valence electrons. The molecule has 1 aliphatic heterocycles. The maximum Gasteiger partial charge on any atom is 0.251 e. The first kappa shape index (κ1) is 16.7. The topological polar surface area (TPSA) is 58.6 Å². The third-order valence-electron chi connectivity index (χ3n) is 4.42. The number of benzene rings is 2. The summed E-state index contributed by atoms with van der Waals surface area (Å²) in [4.78, 5) is 12.7. The standard InChI is InChI=1S/C20H23NO3/c1-14-6-8-15(9-7-14)12-16-4-2-3-5-17(16)20(23)21-18-10-11-24-13-19(18)22/h2-9,18-19,22H,10-13H2,1H3,(H,21,23)/t18-,19-/m1/s1. The summed E-state index contributed by atoms with van der Waals surface area (Å²) in [7, 11) is 0. The zero-order valence-corrected chi connectivity index (χ0v) is 13.9. The summed E-state index contributed by atoms with van der Waals surface area (Å²) in [6.07, 6.45) is 0.694. The van der Waals surface area contributed by atoms with Gasteiger partial charge in [-0.25, -0.2) is 0 Å². The summed E-state index contributed by atoms with van der Waals surface area (Å²) in [5.74, 6) is -0.135. The Labute approximate surface area is 142 Å². The Morgan fingerprint density at radius 3 is 2.71 bits per heavy atom. The molecule has 1 saturated heterocycles. The number of rotatable bonds is 4. The van der Waals surface area contributed by atoms with Crippen LogP contribution < -0.4 is 5.32 Å². The summed E-state index contributed by atoms with van der Waals surface area (Å²) >= 11 is 0. The number of amides is 1. The first-order valence-corrected chi connectivity index (χ1v) is 8.33. The van der Waals surface area contributed by atoms with Gasteiger partial charge in [0.2, 0.25) is 0 Å². The molecule has 0 unspecified atom stereocenters. The van der Waals surface area contributed by atoms with Gasteiger partial charge >= 0.3 is 0 Å². The molecule has 0 aromatic heterocycles. The lowest BCUT2D eigenvalue weighted by Gasteiger charge is -2.28. The lowest BCUT2D eigenvalue weighted by Crippen LogP contribution is -2.48. The molecule has 1 aliphatic rings. The third-order valence-corrected chi connectivity index (χ3v) is 4.42. The van der Waals surface area contributed by atoms with E-state index in [1.54, 1.807) is 0 Å². The van der Waals surface area contributed by atoms with Gasteiger partial charge < -0.3 is 15.2 Å². The van der Waals surface area contributed by atoms with Crippen LogP contribution in [-0.4, -0.2) is 36.4 Å². The van der Waals surface area contributed by atoms with E-state index in [-0.39, 0.29) is 18.6 Å². The number of carbonyl (C=O) groups is 1. The number of hydrogen-bond donors (Lipinski definition) is 2. The van der Waals surface area contributed by atoms with Crippen molar-refractivity contribution in [2.24, 2.45) is 0 Å². The minimum atomic E-state index is -0.646. The number of aryl methyl sites for hydroxylation is 1. The first-order valence-electron chi connectivity index (χ1n) is 8.33. The number of nitrogens with one attached hydrogen (secondary N) is 1. The Balaban J connectivity index is 1.75. The van der Waals surface area contributed by atoms with Crippen molar-refractivity contribution >= 4 is 5.91 Å². The van der Waals surface area contributed by atoms with Gasteiger partial charge in [0.05, 0.1) is 18.8 Å². The zero-order chi connectivity index (χ0) is 16.9. The highest BCUT2D eigenvalue weighted by atomic mass is 16.5. The molecule has 1 amide bonds. The molecule has 2 aromatic carbocycles. The highest BCUT2D eigenvalue weighted by Gasteiger charge is 2.26. The first-order chi connectivity index (χ1) is 11.6. The maximum absolute atomic E-state index is 12.7. The van der Waals surface area contributed by atoms with Gasteiger partial charge in [0.25, 0.3) is 5.91 Å². The summed E-state index contributed by atoms with van der Waals surface area (Å²) < 4.78 is 5.21. The van der Waals surface area contributed by atoms with Crippen LogP contribution in [-0.2, 0) is 11.2 Å². The molecule has 2 N–H and O–H groups in total. The predicted molar refractivity (Wildman–Crippen MR) is 93.1 cm³/mol. The van der Waals surface area contributed by atoms with Crippen LogP contribution in [0.3, 0.4) is 0 Å². The van der Waals surface area contributed by atoms with Crippen LogP contribution >= 0.6 is 0 Å². The summed E-state index contributed by atoms with van der Waals surface area (Å²) in [5.41, 5.74) is 4.04. The van der Waals surface area contributed by atoms with Crippen molar-refractivity contribution in [3.05, 3.63) is 70.8 Å². The quantitative estimate of drug-likeness (QED) is 0.908. The molecule has 0 bridgehead atoms. The van der Waals surface area contributed by atoms with E-state index < -0.39 is 6.10 Å². The second kappa shape index (κ2) is 7.60. The van der Waals surface area contributed by atoms with Gasteiger partial charge in [0, 0.05) is 12.2 Å². The summed E-state index contributed by atoms with van der Waals surface area (Å²) in [6.45, 7) is 2.90. The molecule has 2 aromatic rings. The van der Waals surface area contributed by atoms with E-state index in [0.717, 1.165) is 5.56 Å².